The van der Waals surface area contributed by atoms with E-state index < -0.39 is 17.4 Å². The maximum absolute atomic E-state index is 11.7. The van der Waals surface area contributed by atoms with E-state index in [1.165, 1.54) is 0 Å². The zero-order chi connectivity index (χ0) is 13.3. The quantitative estimate of drug-likeness (QED) is 0.641. The van der Waals surface area contributed by atoms with Gasteiger partial charge in [0, 0.05) is 6.54 Å². The van der Waals surface area contributed by atoms with Crippen LogP contribution in [0.25, 0.3) is 0 Å². The van der Waals surface area contributed by atoms with Gasteiger partial charge < -0.3 is 15.7 Å². The number of nitrogens with one attached hydrogen (secondary N) is 3. The number of hydrogen-bond donors (Lipinski definition) is 4. The number of carbonyl (C=O) groups is 2. The van der Waals surface area contributed by atoms with Crippen molar-refractivity contribution in [3.05, 3.63) is 11.4 Å². The Bertz CT molecular complexity index is 471. The first-order valence-corrected chi connectivity index (χ1v) is 5.74. The average molecular weight is 252 g/mol. The molecule has 0 aliphatic heterocycles. The number of H-pyrrole nitrogens is 1. The van der Waals surface area contributed by atoms with Gasteiger partial charge in [-0.05, 0) is 26.7 Å². The number of anilines is 1. The van der Waals surface area contributed by atoms with Gasteiger partial charge in [0.05, 0.1) is 22.5 Å². The molecule has 2 amide bonds. The molecule has 1 aromatic rings. The first-order chi connectivity index (χ1) is 8.44. The zero-order valence-corrected chi connectivity index (χ0v) is 10.3. The van der Waals surface area contributed by atoms with E-state index in [0.717, 1.165) is 5.69 Å². The number of carbonyl (C=O) groups excluding carboxylic acids is 1. The Hall–Kier alpha value is -2.05. The first kappa shape index (κ1) is 12.4. The molecule has 7 heteroatoms. The molecule has 2 rings (SSSR count). The lowest BCUT2D eigenvalue weighted by molar-refractivity contribution is -0.143. The third kappa shape index (κ3) is 2.29. The van der Waals surface area contributed by atoms with Crippen LogP contribution < -0.4 is 10.6 Å². The molecule has 1 fully saturated rings. The van der Waals surface area contributed by atoms with Crippen molar-refractivity contribution in [2.75, 3.05) is 11.9 Å². The largest absolute Gasteiger partial charge is 0.481 e. The molecule has 0 atom stereocenters. The number of aryl methyl sites for hydroxylation is 2. The van der Waals surface area contributed by atoms with E-state index in [0.29, 0.717) is 24.2 Å². The van der Waals surface area contributed by atoms with Gasteiger partial charge in [-0.15, -0.1) is 0 Å². The van der Waals surface area contributed by atoms with Crippen molar-refractivity contribution in [3.8, 4) is 0 Å². The molecule has 0 radical (unpaired) electrons. The van der Waals surface area contributed by atoms with E-state index in [9.17, 15) is 9.59 Å². The fourth-order valence-corrected chi connectivity index (χ4v) is 1.76. The van der Waals surface area contributed by atoms with Crippen LogP contribution in [0.3, 0.4) is 0 Å². The molecule has 7 nitrogen and oxygen atoms in total. The van der Waals surface area contributed by atoms with Crippen LogP contribution in [0, 0.1) is 19.3 Å². The lowest BCUT2D eigenvalue weighted by Gasteiger charge is -2.12. The van der Waals surface area contributed by atoms with Crippen LogP contribution in [0.4, 0.5) is 10.5 Å². The lowest BCUT2D eigenvalue weighted by Crippen LogP contribution is -2.37. The van der Waals surface area contributed by atoms with E-state index in [4.69, 9.17) is 5.11 Å². The molecule has 18 heavy (non-hydrogen) atoms. The minimum Gasteiger partial charge on any atom is -0.481 e. The van der Waals surface area contributed by atoms with E-state index >= 15 is 0 Å². The molecule has 0 bridgehead atoms. The first-order valence-electron chi connectivity index (χ1n) is 5.74. The highest BCUT2D eigenvalue weighted by atomic mass is 16.4. The van der Waals surface area contributed by atoms with Gasteiger partial charge in [-0.3, -0.25) is 9.89 Å². The van der Waals surface area contributed by atoms with Crippen LogP contribution >= 0.6 is 0 Å². The Morgan fingerprint density at radius 1 is 1.44 bits per heavy atom. The number of nitrogens with zero attached hydrogens (tertiary/aromatic N) is 1. The number of carboxylic acids is 1. The summed E-state index contributed by atoms with van der Waals surface area (Å²) in [5, 5.41) is 20.9. The van der Waals surface area contributed by atoms with Crippen molar-refractivity contribution in [1.82, 2.24) is 15.5 Å². The molecule has 1 aliphatic carbocycles. The van der Waals surface area contributed by atoms with E-state index in [1.807, 2.05) is 0 Å². The lowest BCUT2D eigenvalue weighted by atomic mass is 10.1. The fraction of sp³-hybridized carbons (Fsp3) is 0.545. The van der Waals surface area contributed by atoms with Crippen molar-refractivity contribution < 1.29 is 14.7 Å². The molecule has 1 heterocycles. The highest BCUT2D eigenvalue weighted by Crippen LogP contribution is 2.45. The predicted octanol–water partition coefficient (Wildman–Crippen LogP) is 1.01. The highest BCUT2D eigenvalue weighted by Gasteiger charge is 2.50. The van der Waals surface area contributed by atoms with Gasteiger partial charge in [-0.25, -0.2) is 4.79 Å². The van der Waals surface area contributed by atoms with Crippen molar-refractivity contribution in [2.45, 2.75) is 26.7 Å². The number of urea groups is 1. The average Bonchev–Trinajstić information content (AvgIpc) is 3.05. The molecule has 1 saturated carbocycles. The normalized spacial score (nSPS) is 16.1. The van der Waals surface area contributed by atoms with Crippen LogP contribution in [-0.4, -0.2) is 33.8 Å². The number of carboxylic acid groups (broad SMARTS) is 1. The molecule has 0 saturated heterocycles. The minimum atomic E-state index is -0.849. The summed E-state index contributed by atoms with van der Waals surface area (Å²) in [5.41, 5.74) is 1.34. The second-order valence-electron chi connectivity index (χ2n) is 4.70. The summed E-state index contributed by atoms with van der Waals surface area (Å²) in [6.45, 7) is 3.73. The standard InChI is InChI=1S/C11H16N4O3/c1-6-8(7(2)15-14-6)13-10(18)12-5-11(3-4-11)9(16)17/h3-5H2,1-2H3,(H,14,15)(H,16,17)(H2,12,13,18). The summed E-state index contributed by atoms with van der Waals surface area (Å²) in [4.78, 5) is 22.6. The van der Waals surface area contributed by atoms with Crippen LogP contribution in [0.5, 0.6) is 0 Å². The number of aliphatic carboxylic acids is 1. The topological polar surface area (TPSA) is 107 Å². The molecular weight excluding hydrogens is 236 g/mol. The van der Waals surface area contributed by atoms with E-state index in [-0.39, 0.29) is 6.54 Å². The third-order valence-electron chi connectivity index (χ3n) is 3.26. The summed E-state index contributed by atoms with van der Waals surface area (Å²) >= 11 is 0. The van der Waals surface area contributed by atoms with Crippen LogP contribution in [0.15, 0.2) is 0 Å². The second kappa shape index (κ2) is 4.32. The fourth-order valence-electron chi connectivity index (χ4n) is 1.76. The Kier molecular flexibility index (Phi) is 2.98. The molecule has 0 aromatic carbocycles. The molecule has 0 unspecified atom stereocenters. The van der Waals surface area contributed by atoms with Gasteiger partial charge in [0.15, 0.2) is 0 Å². The van der Waals surface area contributed by atoms with Gasteiger partial charge in [0.1, 0.15) is 0 Å². The number of hydrogen-bond acceptors (Lipinski definition) is 3. The monoisotopic (exact) mass is 252 g/mol. The van der Waals surface area contributed by atoms with Crippen molar-refractivity contribution >= 4 is 17.7 Å². The van der Waals surface area contributed by atoms with Gasteiger partial charge in [0.2, 0.25) is 0 Å². The SMILES string of the molecule is Cc1n[nH]c(C)c1NC(=O)NCC1(C(=O)O)CC1. The van der Waals surface area contributed by atoms with Crippen LogP contribution in [-0.2, 0) is 4.79 Å². The van der Waals surface area contributed by atoms with Crippen molar-refractivity contribution in [2.24, 2.45) is 5.41 Å². The molecule has 0 spiro atoms. The van der Waals surface area contributed by atoms with E-state index in [2.05, 4.69) is 20.8 Å². The Balaban J connectivity index is 1.88. The smallest absolute Gasteiger partial charge is 0.319 e. The summed E-state index contributed by atoms with van der Waals surface area (Å²) in [5.74, 6) is -0.849. The zero-order valence-electron chi connectivity index (χ0n) is 10.3. The Labute approximate surface area is 104 Å². The Morgan fingerprint density at radius 3 is 2.56 bits per heavy atom. The minimum absolute atomic E-state index is 0.157. The van der Waals surface area contributed by atoms with Crippen molar-refractivity contribution in [3.63, 3.8) is 0 Å². The predicted molar refractivity (Wildman–Crippen MR) is 64.4 cm³/mol. The van der Waals surface area contributed by atoms with E-state index in [1.54, 1.807) is 13.8 Å². The van der Waals surface area contributed by atoms with Crippen LogP contribution in [0.2, 0.25) is 0 Å². The van der Waals surface area contributed by atoms with Crippen molar-refractivity contribution in [1.29, 1.82) is 0 Å². The van der Waals surface area contributed by atoms with Gasteiger partial charge in [-0.2, -0.15) is 5.10 Å². The summed E-state index contributed by atoms with van der Waals surface area (Å²) in [6, 6.07) is -0.407. The van der Waals surface area contributed by atoms with Gasteiger partial charge in [-0.1, -0.05) is 0 Å². The number of aromatic nitrogens is 2. The summed E-state index contributed by atoms with van der Waals surface area (Å²) < 4.78 is 0. The number of aromatic amines is 1. The summed E-state index contributed by atoms with van der Waals surface area (Å²) in [6.07, 6.45) is 1.23. The second-order valence-corrected chi connectivity index (χ2v) is 4.70. The molecule has 4 N–H and O–H groups in total. The van der Waals surface area contributed by atoms with Crippen LogP contribution in [0.1, 0.15) is 24.2 Å². The number of rotatable bonds is 4. The van der Waals surface area contributed by atoms with Gasteiger partial charge >= 0.3 is 12.0 Å². The van der Waals surface area contributed by atoms with Gasteiger partial charge in [0.25, 0.3) is 0 Å². The maximum atomic E-state index is 11.7. The summed E-state index contributed by atoms with van der Waals surface area (Å²) in [7, 11) is 0. The molecular formula is C11H16N4O3. The Morgan fingerprint density at radius 2 is 2.11 bits per heavy atom. The third-order valence-corrected chi connectivity index (χ3v) is 3.26. The maximum Gasteiger partial charge on any atom is 0.319 e. The molecule has 98 valence electrons. The molecule has 1 aromatic heterocycles. The molecule has 1 aliphatic rings. The number of amides is 2. The highest BCUT2D eigenvalue weighted by molar-refractivity contribution is 5.91.